The summed E-state index contributed by atoms with van der Waals surface area (Å²) in [6, 6.07) is 7.96. The van der Waals surface area contributed by atoms with Gasteiger partial charge in [0, 0.05) is 49.7 Å². The Morgan fingerprint density at radius 2 is 1.96 bits per heavy atom. The Morgan fingerprint density at radius 1 is 1.04 bits per heavy atom. The highest BCUT2D eigenvalue weighted by Crippen LogP contribution is 2.22. The summed E-state index contributed by atoms with van der Waals surface area (Å²) >= 11 is 1.64. The topological polar surface area (TPSA) is 75.6 Å². The van der Waals surface area contributed by atoms with Crippen molar-refractivity contribution in [2.75, 3.05) is 31.1 Å². The minimum absolute atomic E-state index is 0.764. The van der Waals surface area contributed by atoms with Crippen LogP contribution in [0, 0.1) is 0 Å². The Bertz CT molecular complexity index is 988. The van der Waals surface area contributed by atoms with Crippen LogP contribution in [0.25, 0.3) is 17.0 Å². The maximum atomic E-state index is 4.91. The smallest absolute Gasteiger partial charge is 0.186 e. The van der Waals surface area contributed by atoms with Gasteiger partial charge in [0.2, 0.25) is 0 Å². The van der Waals surface area contributed by atoms with Crippen LogP contribution in [0.2, 0.25) is 0 Å². The molecule has 1 aliphatic rings. The molecule has 0 aliphatic carbocycles. The van der Waals surface area contributed by atoms with E-state index in [0.29, 0.717) is 0 Å². The Morgan fingerprint density at radius 3 is 2.73 bits per heavy atom. The van der Waals surface area contributed by atoms with Crippen LogP contribution in [0.1, 0.15) is 5.69 Å². The van der Waals surface area contributed by atoms with E-state index in [1.807, 2.05) is 34.2 Å². The van der Waals surface area contributed by atoms with Gasteiger partial charge in [-0.3, -0.25) is 4.90 Å². The molecule has 1 fully saturated rings. The van der Waals surface area contributed by atoms with Gasteiger partial charge in [0.05, 0.1) is 5.69 Å². The number of rotatable bonds is 4. The third kappa shape index (κ3) is 2.85. The van der Waals surface area contributed by atoms with Crippen LogP contribution < -0.4 is 4.90 Å². The fraction of sp³-hybridized carbons (Fsp3) is 0.294. The summed E-state index contributed by atoms with van der Waals surface area (Å²) in [5.41, 5.74) is 2.78. The summed E-state index contributed by atoms with van der Waals surface area (Å²) in [5.74, 6) is 1.74. The van der Waals surface area contributed by atoms with Crippen LogP contribution in [0.5, 0.6) is 0 Å². The lowest BCUT2D eigenvalue weighted by Crippen LogP contribution is -2.46. The molecule has 0 aromatic carbocycles. The summed E-state index contributed by atoms with van der Waals surface area (Å²) in [4.78, 5) is 4.68. The molecular weight excluding hydrogens is 350 g/mol. The first-order chi connectivity index (χ1) is 12.9. The van der Waals surface area contributed by atoms with E-state index in [1.54, 1.807) is 17.6 Å². The number of thiophene rings is 1. The van der Waals surface area contributed by atoms with Crippen molar-refractivity contribution in [3.05, 3.63) is 47.0 Å². The van der Waals surface area contributed by atoms with Crippen molar-refractivity contribution < 1.29 is 4.52 Å². The quantitative estimate of drug-likeness (QED) is 0.547. The molecule has 0 saturated carbocycles. The van der Waals surface area contributed by atoms with Gasteiger partial charge in [0.1, 0.15) is 12.1 Å². The molecule has 4 aromatic heterocycles. The van der Waals surface area contributed by atoms with Crippen molar-refractivity contribution in [3.63, 3.8) is 0 Å². The molecule has 5 rings (SSSR count). The third-order valence-corrected chi connectivity index (χ3v) is 5.28. The number of hydrogen-bond donors (Lipinski definition) is 0. The summed E-state index contributed by atoms with van der Waals surface area (Å²) in [6.07, 6.45) is 1.62. The fourth-order valence-electron chi connectivity index (χ4n) is 3.20. The van der Waals surface area contributed by atoms with E-state index in [0.717, 1.165) is 61.3 Å². The molecule has 0 amide bonds. The molecule has 26 heavy (non-hydrogen) atoms. The lowest BCUT2D eigenvalue weighted by atomic mass is 10.3. The number of hydrogen-bond acceptors (Lipinski definition) is 8. The lowest BCUT2D eigenvalue weighted by Gasteiger charge is -2.34. The molecule has 0 radical (unpaired) electrons. The van der Waals surface area contributed by atoms with Crippen LogP contribution in [0.3, 0.4) is 0 Å². The van der Waals surface area contributed by atoms with E-state index in [1.165, 1.54) is 0 Å². The van der Waals surface area contributed by atoms with Crippen molar-refractivity contribution in [1.29, 1.82) is 0 Å². The van der Waals surface area contributed by atoms with E-state index < -0.39 is 0 Å². The SMILES string of the molecule is c1cc(CN2CCN(c3ccc4nnc(-c5ccsc5)n4n3)CC2)no1. The second-order valence-corrected chi connectivity index (χ2v) is 7.03. The first-order valence-electron chi connectivity index (χ1n) is 8.48. The van der Waals surface area contributed by atoms with Gasteiger partial charge >= 0.3 is 0 Å². The normalized spacial score (nSPS) is 15.8. The first kappa shape index (κ1) is 15.5. The lowest BCUT2D eigenvalue weighted by molar-refractivity contribution is 0.241. The maximum absolute atomic E-state index is 4.91. The van der Waals surface area contributed by atoms with Crippen LogP contribution in [-0.4, -0.2) is 56.0 Å². The molecule has 5 heterocycles. The number of anilines is 1. The molecule has 0 N–H and O–H groups in total. The van der Waals surface area contributed by atoms with Crippen molar-refractivity contribution in [2.24, 2.45) is 0 Å². The summed E-state index contributed by atoms with van der Waals surface area (Å²) < 4.78 is 6.74. The minimum Gasteiger partial charge on any atom is -0.364 e. The molecule has 0 bridgehead atoms. The van der Waals surface area contributed by atoms with Crippen LogP contribution in [-0.2, 0) is 6.54 Å². The van der Waals surface area contributed by atoms with Crippen molar-refractivity contribution in [2.45, 2.75) is 6.54 Å². The summed E-state index contributed by atoms with van der Waals surface area (Å²) in [7, 11) is 0. The maximum Gasteiger partial charge on any atom is 0.186 e. The number of piperazine rings is 1. The second-order valence-electron chi connectivity index (χ2n) is 6.25. The van der Waals surface area contributed by atoms with E-state index >= 15 is 0 Å². The third-order valence-electron chi connectivity index (χ3n) is 4.60. The zero-order chi connectivity index (χ0) is 17.3. The van der Waals surface area contributed by atoms with Gasteiger partial charge in [0.15, 0.2) is 11.5 Å². The molecule has 4 aromatic rings. The zero-order valence-electron chi connectivity index (χ0n) is 14.0. The van der Waals surface area contributed by atoms with Crippen LogP contribution >= 0.6 is 11.3 Å². The highest BCUT2D eigenvalue weighted by molar-refractivity contribution is 7.08. The van der Waals surface area contributed by atoms with Gasteiger partial charge in [0.25, 0.3) is 0 Å². The molecular formula is C17H17N7OS. The summed E-state index contributed by atoms with van der Waals surface area (Å²) in [6.45, 7) is 4.60. The monoisotopic (exact) mass is 367 g/mol. The summed E-state index contributed by atoms with van der Waals surface area (Å²) in [5, 5.41) is 21.4. The average Bonchev–Trinajstić information content (AvgIpc) is 3.43. The number of nitrogens with zero attached hydrogens (tertiary/aromatic N) is 7. The zero-order valence-corrected chi connectivity index (χ0v) is 14.8. The van der Waals surface area contributed by atoms with Gasteiger partial charge in [-0.05, 0) is 23.6 Å². The van der Waals surface area contributed by atoms with Gasteiger partial charge in [-0.2, -0.15) is 15.9 Å². The predicted octanol–water partition coefficient (Wildman–Crippen LogP) is 2.16. The predicted molar refractivity (Wildman–Crippen MR) is 98.1 cm³/mol. The van der Waals surface area contributed by atoms with Crippen LogP contribution in [0.4, 0.5) is 5.82 Å². The van der Waals surface area contributed by atoms with E-state index in [-0.39, 0.29) is 0 Å². The number of fused-ring (bicyclic) bond motifs is 1. The first-order valence-corrected chi connectivity index (χ1v) is 9.43. The van der Waals surface area contributed by atoms with Gasteiger partial charge < -0.3 is 9.42 Å². The fourth-order valence-corrected chi connectivity index (χ4v) is 3.84. The Labute approximate surface area is 153 Å². The van der Waals surface area contributed by atoms with Crippen molar-refractivity contribution in [3.8, 4) is 11.4 Å². The Hall–Kier alpha value is -2.78. The van der Waals surface area contributed by atoms with Crippen molar-refractivity contribution >= 4 is 22.8 Å². The Kier molecular flexibility index (Phi) is 3.87. The minimum atomic E-state index is 0.764. The average molecular weight is 367 g/mol. The molecule has 0 atom stereocenters. The Balaban J connectivity index is 1.34. The highest BCUT2D eigenvalue weighted by atomic mass is 32.1. The highest BCUT2D eigenvalue weighted by Gasteiger charge is 2.20. The van der Waals surface area contributed by atoms with Gasteiger partial charge in [-0.1, -0.05) is 5.16 Å². The van der Waals surface area contributed by atoms with Gasteiger partial charge in [-0.25, -0.2) is 0 Å². The largest absolute Gasteiger partial charge is 0.364 e. The van der Waals surface area contributed by atoms with Crippen LogP contribution in [0.15, 0.2) is 45.8 Å². The van der Waals surface area contributed by atoms with Crippen molar-refractivity contribution in [1.82, 2.24) is 29.9 Å². The molecule has 1 saturated heterocycles. The number of aromatic nitrogens is 5. The molecule has 132 valence electrons. The second kappa shape index (κ2) is 6.50. The van der Waals surface area contributed by atoms with Gasteiger partial charge in [-0.15, -0.1) is 15.3 Å². The molecule has 8 nitrogen and oxygen atoms in total. The molecule has 0 spiro atoms. The van der Waals surface area contributed by atoms with E-state index in [4.69, 9.17) is 9.62 Å². The van der Waals surface area contributed by atoms with E-state index in [2.05, 4.69) is 30.5 Å². The molecule has 0 unspecified atom stereocenters. The molecule has 9 heteroatoms. The standard InChI is InChI=1S/C17H17N7OS/c1-2-16(20-24-15(1)18-19-17(24)13-4-10-26-12-13)23-7-5-22(6-8-23)11-14-3-9-25-21-14/h1-4,9-10,12H,5-8,11H2. The van der Waals surface area contributed by atoms with E-state index in [9.17, 15) is 0 Å². The molecule has 1 aliphatic heterocycles.